The Morgan fingerprint density at radius 2 is 1.96 bits per heavy atom. The molecule has 0 aliphatic rings. The zero-order valence-electron chi connectivity index (χ0n) is 13.1. The van der Waals surface area contributed by atoms with Crippen LogP contribution in [0.25, 0.3) is 5.69 Å². The van der Waals surface area contributed by atoms with E-state index in [2.05, 4.69) is 10.1 Å². The van der Waals surface area contributed by atoms with E-state index in [1.165, 1.54) is 0 Å². The number of pyridine rings is 1. The largest absolute Gasteiger partial charge is 0.395 e. The maximum absolute atomic E-state index is 12.8. The fourth-order valence-corrected chi connectivity index (χ4v) is 2.44. The summed E-state index contributed by atoms with van der Waals surface area (Å²) in [6.45, 7) is 0.576. The molecule has 6 nitrogen and oxygen atoms in total. The second-order valence-corrected chi connectivity index (χ2v) is 5.29. The minimum atomic E-state index is -0.220. The highest BCUT2D eigenvalue weighted by molar-refractivity contribution is 5.92. The smallest absolute Gasteiger partial charge is 0.272 e. The van der Waals surface area contributed by atoms with Gasteiger partial charge >= 0.3 is 0 Å². The first-order valence-electron chi connectivity index (χ1n) is 7.68. The van der Waals surface area contributed by atoms with E-state index in [1.807, 2.05) is 36.4 Å². The molecule has 0 aliphatic carbocycles. The third-order valence-corrected chi connectivity index (χ3v) is 3.60. The Bertz CT molecular complexity index is 788. The molecule has 122 valence electrons. The zero-order valence-corrected chi connectivity index (χ0v) is 13.1. The number of benzene rings is 1. The van der Waals surface area contributed by atoms with Crippen molar-refractivity contribution in [2.75, 3.05) is 13.2 Å². The number of hydrogen-bond donors (Lipinski definition) is 1. The molecule has 0 saturated heterocycles. The highest BCUT2D eigenvalue weighted by atomic mass is 16.3. The first kappa shape index (κ1) is 15.9. The van der Waals surface area contributed by atoms with Crippen LogP contribution < -0.4 is 0 Å². The fraction of sp³-hybridized carbons (Fsp3) is 0.167. The minimum absolute atomic E-state index is 0.0998. The van der Waals surface area contributed by atoms with Gasteiger partial charge in [0, 0.05) is 31.7 Å². The van der Waals surface area contributed by atoms with Gasteiger partial charge in [-0.15, -0.1) is 0 Å². The van der Waals surface area contributed by atoms with E-state index in [1.54, 1.807) is 40.3 Å². The molecule has 1 N–H and O–H groups in total. The van der Waals surface area contributed by atoms with Crippen LogP contribution in [-0.4, -0.2) is 43.8 Å². The number of rotatable bonds is 6. The van der Waals surface area contributed by atoms with Crippen molar-refractivity contribution < 1.29 is 9.90 Å². The standard InChI is InChI=1S/C18H18N4O2/c23-12-11-21(14-15-5-2-1-3-6-15)18(24)17-13-16(7-9-19-17)22-10-4-8-20-22/h1-10,13,23H,11-12,14H2. The number of amides is 1. The maximum atomic E-state index is 12.8. The van der Waals surface area contributed by atoms with Crippen LogP contribution in [-0.2, 0) is 6.54 Å². The molecular formula is C18H18N4O2. The Hall–Kier alpha value is -2.99. The van der Waals surface area contributed by atoms with Crippen molar-refractivity contribution >= 4 is 5.91 Å². The second kappa shape index (κ2) is 7.52. The molecule has 0 aliphatic heterocycles. The normalized spacial score (nSPS) is 10.5. The molecule has 2 heterocycles. The van der Waals surface area contributed by atoms with Gasteiger partial charge in [0.25, 0.3) is 5.91 Å². The molecular weight excluding hydrogens is 304 g/mol. The number of aliphatic hydroxyl groups excluding tert-OH is 1. The molecule has 2 aromatic heterocycles. The molecule has 0 saturated carbocycles. The Kier molecular flexibility index (Phi) is 4.98. The molecule has 0 bridgehead atoms. The van der Waals surface area contributed by atoms with Crippen molar-refractivity contribution in [3.8, 4) is 5.69 Å². The Morgan fingerprint density at radius 3 is 2.67 bits per heavy atom. The lowest BCUT2D eigenvalue weighted by Gasteiger charge is -2.21. The summed E-state index contributed by atoms with van der Waals surface area (Å²) in [6, 6.07) is 15.0. The SMILES string of the molecule is O=C(c1cc(-n2cccn2)ccn1)N(CCO)Cc1ccccc1. The van der Waals surface area contributed by atoms with Crippen LogP contribution in [0.5, 0.6) is 0 Å². The van der Waals surface area contributed by atoms with Gasteiger partial charge in [0.05, 0.1) is 12.3 Å². The molecule has 3 rings (SSSR count). The van der Waals surface area contributed by atoms with Gasteiger partial charge in [-0.05, 0) is 23.8 Å². The monoisotopic (exact) mass is 322 g/mol. The molecule has 0 fully saturated rings. The van der Waals surface area contributed by atoms with E-state index in [0.29, 0.717) is 12.2 Å². The minimum Gasteiger partial charge on any atom is -0.395 e. The number of carbonyl (C=O) groups excluding carboxylic acids is 1. The molecule has 24 heavy (non-hydrogen) atoms. The third kappa shape index (κ3) is 3.67. The van der Waals surface area contributed by atoms with Gasteiger partial charge in [-0.2, -0.15) is 5.10 Å². The maximum Gasteiger partial charge on any atom is 0.272 e. The van der Waals surface area contributed by atoms with Crippen molar-refractivity contribution in [3.63, 3.8) is 0 Å². The summed E-state index contributed by atoms with van der Waals surface area (Å²) in [6.07, 6.45) is 5.07. The first-order valence-corrected chi connectivity index (χ1v) is 7.68. The topological polar surface area (TPSA) is 71.2 Å². The van der Waals surface area contributed by atoms with Gasteiger partial charge < -0.3 is 10.0 Å². The van der Waals surface area contributed by atoms with Gasteiger partial charge in [-0.1, -0.05) is 30.3 Å². The number of nitrogens with zero attached hydrogens (tertiary/aromatic N) is 4. The van der Waals surface area contributed by atoms with Gasteiger partial charge in [-0.3, -0.25) is 9.78 Å². The highest BCUT2D eigenvalue weighted by Gasteiger charge is 2.17. The molecule has 3 aromatic rings. The van der Waals surface area contributed by atoms with Gasteiger partial charge in [0.2, 0.25) is 0 Å². The molecule has 0 radical (unpaired) electrons. The third-order valence-electron chi connectivity index (χ3n) is 3.60. The van der Waals surface area contributed by atoms with Crippen LogP contribution in [0.2, 0.25) is 0 Å². The molecule has 6 heteroatoms. The van der Waals surface area contributed by atoms with Crippen LogP contribution in [0.15, 0.2) is 67.1 Å². The van der Waals surface area contributed by atoms with Gasteiger partial charge in [-0.25, -0.2) is 4.68 Å². The van der Waals surface area contributed by atoms with Crippen molar-refractivity contribution in [2.24, 2.45) is 0 Å². The fourth-order valence-electron chi connectivity index (χ4n) is 2.44. The van der Waals surface area contributed by atoms with E-state index in [4.69, 9.17) is 0 Å². The molecule has 0 spiro atoms. The van der Waals surface area contributed by atoms with Crippen LogP contribution in [0.4, 0.5) is 0 Å². The van der Waals surface area contributed by atoms with E-state index >= 15 is 0 Å². The van der Waals surface area contributed by atoms with Crippen molar-refractivity contribution in [1.82, 2.24) is 19.7 Å². The predicted molar refractivity (Wildman–Crippen MR) is 89.6 cm³/mol. The molecule has 0 atom stereocenters. The van der Waals surface area contributed by atoms with E-state index in [0.717, 1.165) is 11.3 Å². The number of carbonyl (C=O) groups is 1. The predicted octanol–water partition coefficient (Wildman–Crippen LogP) is 1.90. The number of aliphatic hydroxyl groups is 1. The average molecular weight is 322 g/mol. The molecule has 0 unspecified atom stereocenters. The summed E-state index contributed by atoms with van der Waals surface area (Å²) in [5.74, 6) is -0.220. The van der Waals surface area contributed by atoms with Crippen molar-refractivity contribution in [3.05, 3.63) is 78.4 Å². The zero-order chi connectivity index (χ0) is 16.8. The Morgan fingerprint density at radius 1 is 1.12 bits per heavy atom. The van der Waals surface area contributed by atoms with Crippen LogP contribution >= 0.6 is 0 Å². The molecule has 1 amide bonds. The van der Waals surface area contributed by atoms with Gasteiger partial charge in [0.1, 0.15) is 5.69 Å². The quantitative estimate of drug-likeness (QED) is 0.752. The first-order chi connectivity index (χ1) is 11.8. The Labute approximate surface area is 140 Å². The lowest BCUT2D eigenvalue weighted by molar-refractivity contribution is 0.0702. The lowest BCUT2D eigenvalue weighted by atomic mass is 10.2. The summed E-state index contributed by atoms with van der Waals surface area (Å²) in [4.78, 5) is 18.6. The van der Waals surface area contributed by atoms with Crippen molar-refractivity contribution in [2.45, 2.75) is 6.54 Å². The van der Waals surface area contributed by atoms with Crippen LogP contribution in [0.1, 0.15) is 16.1 Å². The lowest BCUT2D eigenvalue weighted by Crippen LogP contribution is -2.33. The van der Waals surface area contributed by atoms with Gasteiger partial charge in [0.15, 0.2) is 0 Å². The van der Waals surface area contributed by atoms with Crippen LogP contribution in [0, 0.1) is 0 Å². The summed E-state index contributed by atoms with van der Waals surface area (Å²) in [7, 11) is 0. The number of hydrogen-bond acceptors (Lipinski definition) is 4. The summed E-state index contributed by atoms with van der Waals surface area (Å²) < 4.78 is 1.67. The summed E-state index contributed by atoms with van der Waals surface area (Å²) >= 11 is 0. The summed E-state index contributed by atoms with van der Waals surface area (Å²) in [5.41, 5.74) is 2.09. The Balaban J connectivity index is 1.83. The van der Waals surface area contributed by atoms with Crippen molar-refractivity contribution in [1.29, 1.82) is 0 Å². The molecule has 1 aromatic carbocycles. The summed E-state index contributed by atoms with van der Waals surface area (Å²) in [5, 5.41) is 13.4. The van der Waals surface area contributed by atoms with E-state index in [-0.39, 0.29) is 19.1 Å². The highest BCUT2D eigenvalue weighted by Crippen LogP contribution is 2.12. The van der Waals surface area contributed by atoms with Crippen LogP contribution in [0.3, 0.4) is 0 Å². The van der Waals surface area contributed by atoms with E-state index < -0.39 is 0 Å². The number of aromatic nitrogens is 3. The average Bonchev–Trinajstić information content (AvgIpc) is 3.16. The second-order valence-electron chi connectivity index (χ2n) is 5.29. The van der Waals surface area contributed by atoms with E-state index in [9.17, 15) is 9.90 Å².